The second-order valence-electron chi connectivity index (χ2n) is 4.87. The number of amides is 1. The van der Waals surface area contributed by atoms with Crippen LogP contribution in [0.15, 0.2) is 18.2 Å². The Morgan fingerprint density at radius 1 is 1.30 bits per heavy atom. The number of aromatic carboxylic acids is 1. The molecule has 0 aliphatic carbocycles. The van der Waals surface area contributed by atoms with Crippen molar-refractivity contribution in [1.82, 2.24) is 4.90 Å². The van der Waals surface area contributed by atoms with E-state index in [1.807, 2.05) is 4.90 Å². The van der Waals surface area contributed by atoms with E-state index in [-0.39, 0.29) is 17.2 Å². The molecule has 6 heteroatoms. The molecule has 0 atom stereocenters. The third-order valence-corrected chi connectivity index (χ3v) is 3.41. The fourth-order valence-electron chi connectivity index (χ4n) is 2.29. The van der Waals surface area contributed by atoms with Crippen molar-refractivity contribution in [3.8, 4) is 0 Å². The molecule has 20 heavy (non-hydrogen) atoms. The quantitative estimate of drug-likeness (QED) is 0.707. The molecule has 1 fully saturated rings. The number of nitrogen functional groups attached to an aromatic ring is 1. The number of nitrogens with one attached hydrogen (secondary N) is 1. The molecule has 1 heterocycles. The van der Waals surface area contributed by atoms with Gasteiger partial charge in [0.15, 0.2) is 0 Å². The monoisotopic (exact) mass is 277 g/mol. The molecule has 4 N–H and O–H groups in total. The Bertz CT molecular complexity index is 510. The van der Waals surface area contributed by atoms with Gasteiger partial charge < -0.3 is 21.1 Å². The van der Waals surface area contributed by atoms with E-state index in [1.54, 1.807) is 12.1 Å². The Hall–Kier alpha value is -2.24. The lowest BCUT2D eigenvalue weighted by Crippen LogP contribution is -2.29. The number of carbonyl (C=O) groups excluding carboxylic acids is 1. The predicted octanol–water partition coefficient (Wildman–Crippen LogP) is 1.39. The summed E-state index contributed by atoms with van der Waals surface area (Å²) in [5.41, 5.74) is 6.54. The van der Waals surface area contributed by atoms with Crippen LogP contribution in [0.4, 0.5) is 11.4 Å². The first-order valence-corrected chi connectivity index (χ1v) is 6.72. The van der Waals surface area contributed by atoms with Crippen LogP contribution >= 0.6 is 0 Å². The molecule has 0 unspecified atom stereocenters. The van der Waals surface area contributed by atoms with Gasteiger partial charge in [0.2, 0.25) is 5.91 Å². The number of benzene rings is 1. The van der Waals surface area contributed by atoms with Gasteiger partial charge in [0.1, 0.15) is 0 Å². The summed E-state index contributed by atoms with van der Waals surface area (Å²) in [6.45, 7) is 2.19. The maximum atomic E-state index is 11.8. The molecule has 1 aliphatic rings. The van der Waals surface area contributed by atoms with Crippen molar-refractivity contribution in [1.29, 1.82) is 0 Å². The van der Waals surface area contributed by atoms with E-state index in [1.165, 1.54) is 6.07 Å². The molecule has 6 nitrogen and oxygen atoms in total. The number of hydrogen-bond donors (Lipinski definition) is 3. The summed E-state index contributed by atoms with van der Waals surface area (Å²) in [5.74, 6) is -0.914. The Balaban J connectivity index is 1.86. The summed E-state index contributed by atoms with van der Waals surface area (Å²) in [5, 5.41) is 12.0. The topological polar surface area (TPSA) is 95.7 Å². The van der Waals surface area contributed by atoms with Crippen LogP contribution in [-0.4, -0.2) is 41.5 Å². The molecule has 0 aromatic heterocycles. The first-order chi connectivity index (χ1) is 9.58. The summed E-state index contributed by atoms with van der Waals surface area (Å²) in [7, 11) is 0. The number of likely N-dealkylation sites (tertiary alicyclic amines) is 1. The van der Waals surface area contributed by atoms with Crippen LogP contribution in [-0.2, 0) is 4.79 Å². The van der Waals surface area contributed by atoms with E-state index in [4.69, 9.17) is 10.8 Å². The Kier molecular flexibility index (Phi) is 4.45. The average Bonchev–Trinajstić information content (AvgIpc) is 2.94. The van der Waals surface area contributed by atoms with Crippen molar-refractivity contribution in [2.45, 2.75) is 19.3 Å². The molecule has 2 rings (SSSR count). The van der Waals surface area contributed by atoms with Crippen LogP contribution in [0.5, 0.6) is 0 Å². The van der Waals surface area contributed by atoms with E-state index in [0.29, 0.717) is 18.7 Å². The Labute approximate surface area is 117 Å². The van der Waals surface area contributed by atoms with Crippen molar-refractivity contribution >= 4 is 23.3 Å². The molecule has 1 saturated heterocycles. The number of carbonyl (C=O) groups is 2. The highest BCUT2D eigenvalue weighted by Gasteiger charge is 2.17. The summed E-state index contributed by atoms with van der Waals surface area (Å²) in [6.07, 6.45) is 2.57. The van der Waals surface area contributed by atoms with Gasteiger partial charge in [-0.05, 0) is 31.0 Å². The Morgan fingerprint density at radius 2 is 2.00 bits per heavy atom. The number of carboxylic acid groups (broad SMARTS) is 1. The summed E-state index contributed by atoms with van der Waals surface area (Å²) >= 11 is 0. The molecule has 0 saturated carbocycles. The van der Waals surface area contributed by atoms with Gasteiger partial charge in [0, 0.05) is 37.4 Å². The van der Waals surface area contributed by atoms with Gasteiger partial charge in [-0.2, -0.15) is 0 Å². The van der Waals surface area contributed by atoms with Crippen molar-refractivity contribution in [3.63, 3.8) is 0 Å². The smallest absolute Gasteiger partial charge is 0.337 e. The zero-order chi connectivity index (χ0) is 14.5. The van der Waals surface area contributed by atoms with Gasteiger partial charge in [-0.3, -0.25) is 4.79 Å². The lowest BCUT2D eigenvalue weighted by Gasteiger charge is -2.15. The SMILES string of the molecule is Nc1ccc(NCCC(=O)N2CCCC2)cc1C(=O)O. The minimum Gasteiger partial charge on any atom is -0.478 e. The van der Waals surface area contributed by atoms with Crippen molar-refractivity contribution < 1.29 is 14.7 Å². The molecular formula is C14H19N3O3. The molecule has 1 aromatic rings. The molecule has 1 aromatic carbocycles. The van der Waals surface area contributed by atoms with Gasteiger partial charge >= 0.3 is 5.97 Å². The van der Waals surface area contributed by atoms with E-state index in [0.717, 1.165) is 25.9 Å². The largest absolute Gasteiger partial charge is 0.478 e. The van der Waals surface area contributed by atoms with Crippen molar-refractivity contribution in [2.75, 3.05) is 30.7 Å². The van der Waals surface area contributed by atoms with Gasteiger partial charge in [0.25, 0.3) is 0 Å². The number of hydrogen-bond acceptors (Lipinski definition) is 4. The van der Waals surface area contributed by atoms with Gasteiger partial charge in [-0.1, -0.05) is 0 Å². The third kappa shape index (κ3) is 3.40. The molecule has 1 amide bonds. The van der Waals surface area contributed by atoms with E-state index in [9.17, 15) is 9.59 Å². The highest BCUT2D eigenvalue weighted by molar-refractivity contribution is 5.94. The number of anilines is 2. The number of carboxylic acids is 1. The molecule has 1 aliphatic heterocycles. The zero-order valence-corrected chi connectivity index (χ0v) is 11.3. The zero-order valence-electron chi connectivity index (χ0n) is 11.3. The normalized spacial score (nSPS) is 14.3. The first-order valence-electron chi connectivity index (χ1n) is 6.72. The fraction of sp³-hybridized carbons (Fsp3) is 0.429. The lowest BCUT2D eigenvalue weighted by atomic mass is 10.1. The highest BCUT2D eigenvalue weighted by atomic mass is 16.4. The average molecular weight is 277 g/mol. The third-order valence-electron chi connectivity index (χ3n) is 3.41. The maximum Gasteiger partial charge on any atom is 0.337 e. The maximum absolute atomic E-state index is 11.8. The number of nitrogens with two attached hydrogens (primary N) is 1. The van der Waals surface area contributed by atoms with Crippen LogP contribution in [0.25, 0.3) is 0 Å². The standard InChI is InChI=1S/C14H19N3O3/c15-12-4-3-10(9-11(12)14(19)20)16-6-5-13(18)17-7-1-2-8-17/h3-4,9,16H,1-2,5-8,15H2,(H,19,20). The molecule has 0 radical (unpaired) electrons. The van der Waals surface area contributed by atoms with Gasteiger partial charge in [-0.25, -0.2) is 4.79 Å². The molecule has 0 bridgehead atoms. The van der Waals surface area contributed by atoms with E-state index in [2.05, 4.69) is 5.32 Å². The minimum absolute atomic E-state index is 0.0702. The second kappa shape index (κ2) is 6.27. The van der Waals surface area contributed by atoms with Crippen LogP contribution in [0.2, 0.25) is 0 Å². The number of nitrogens with zero attached hydrogens (tertiary/aromatic N) is 1. The molecular weight excluding hydrogens is 258 g/mol. The number of rotatable bonds is 5. The second-order valence-corrected chi connectivity index (χ2v) is 4.87. The van der Waals surface area contributed by atoms with Crippen LogP contribution in [0, 0.1) is 0 Å². The summed E-state index contributed by atoms with van der Waals surface area (Å²) < 4.78 is 0. The predicted molar refractivity (Wildman–Crippen MR) is 76.7 cm³/mol. The lowest BCUT2D eigenvalue weighted by molar-refractivity contribution is -0.129. The fourth-order valence-corrected chi connectivity index (χ4v) is 2.29. The molecule has 0 spiro atoms. The summed E-state index contributed by atoms with van der Waals surface area (Å²) in [6, 6.07) is 4.74. The van der Waals surface area contributed by atoms with Crippen LogP contribution in [0.3, 0.4) is 0 Å². The molecule has 108 valence electrons. The van der Waals surface area contributed by atoms with E-state index < -0.39 is 5.97 Å². The summed E-state index contributed by atoms with van der Waals surface area (Å²) in [4.78, 5) is 24.7. The van der Waals surface area contributed by atoms with Crippen molar-refractivity contribution in [2.24, 2.45) is 0 Å². The highest BCUT2D eigenvalue weighted by Crippen LogP contribution is 2.18. The first kappa shape index (κ1) is 14.2. The van der Waals surface area contributed by atoms with E-state index >= 15 is 0 Å². The van der Waals surface area contributed by atoms with Gasteiger partial charge in [-0.15, -0.1) is 0 Å². The Morgan fingerprint density at radius 3 is 2.65 bits per heavy atom. The van der Waals surface area contributed by atoms with Crippen LogP contribution in [0.1, 0.15) is 29.6 Å². The van der Waals surface area contributed by atoms with Crippen LogP contribution < -0.4 is 11.1 Å². The minimum atomic E-state index is -1.06. The van der Waals surface area contributed by atoms with Gasteiger partial charge in [0.05, 0.1) is 5.56 Å². The van der Waals surface area contributed by atoms with Crippen molar-refractivity contribution in [3.05, 3.63) is 23.8 Å².